The Morgan fingerprint density at radius 1 is 1.02 bits per heavy atom. The molecule has 4 rings (SSSR count). The normalized spacial score (nSPS) is 18.2. The van der Waals surface area contributed by atoms with Gasteiger partial charge >= 0.3 is 0 Å². The zero-order chi connectivity index (χ0) is 28.9. The summed E-state index contributed by atoms with van der Waals surface area (Å²) in [5.74, 6) is 1.35. The van der Waals surface area contributed by atoms with Crippen LogP contribution in [0.1, 0.15) is 71.4 Å². The minimum Gasteiger partial charge on any atom is -0.478 e. The van der Waals surface area contributed by atoms with Crippen molar-refractivity contribution in [1.82, 2.24) is 15.1 Å². The molecule has 0 spiro atoms. The summed E-state index contributed by atoms with van der Waals surface area (Å²) in [5.41, 5.74) is 2.56. The number of piperidine rings is 1. The molecule has 2 amide bonds. The number of amides is 2. The quantitative estimate of drug-likeness (QED) is 0.475. The summed E-state index contributed by atoms with van der Waals surface area (Å²) < 4.78 is 6.27. The van der Waals surface area contributed by atoms with E-state index in [2.05, 4.69) is 68.2 Å². The Morgan fingerprint density at radius 2 is 1.73 bits per heavy atom. The Bertz CT molecular complexity index is 1140. The molecule has 0 aromatic heterocycles. The molecular formula is C33H48N4O3. The number of rotatable bonds is 9. The first-order chi connectivity index (χ1) is 19.0. The third kappa shape index (κ3) is 7.36. The highest BCUT2D eigenvalue weighted by Crippen LogP contribution is 2.30. The second-order valence-electron chi connectivity index (χ2n) is 12.4. The number of benzene rings is 2. The zero-order valence-electron chi connectivity index (χ0n) is 25.3. The van der Waals surface area contributed by atoms with Gasteiger partial charge in [0.05, 0.1) is 5.92 Å². The van der Waals surface area contributed by atoms with E-state index in [-0.39, 0.29) is 23.8 Å². The molecule has 2 fully saturated rings. The molecule has 2 aromatic carbocycles. The Balaban J connectivity index is 1.42. The standard InChI is InChI=1S/C33H48N4O3/c1-24(2)27-14-12-26(13-15-27)22-37(25(3)4)31(38)28-9-8-18-36(23-28)29-10-7-11-30(21-29)40-33(5,6)32(39)35-19-16-34-17-20-35/h7,10-15,21,24-25,28,34H,8-9,16-20,22-23H2,1-6H3. The second-order valence-corrected chi connectivity index (χ2v) is 12.4. The summed E-state index contributed by atoms with van der Waals surface area (Å²) in [6.07, 6.45) is 1.86. The molecule has 7 nitrogen and oxygen atoms in total. The van der Waals surface area contributed by atoms with Crippen molar-refractivity contribution in [3.8, 4) is 5.75 Å². The summed E-state index contributed by atoms with van der Waals surface area (Å²) >= 11 is 0. The lowest BCUT2D eigenvalue weighted by Gasteiger charge is -2.38. The lowest BCUT2D eigenvalue weighted by Crippen LogP contribution is -2.54. The highest BCUT2D eigenvalue weighted by molar-refractivity contribution is 5.85. The highest BCUT2D eigenvalue weighted by atomic mass is 16.5. The fourth-order valence-corrected chi connectivity index (χ4v) is 5.70. The highest BCUT2D eigenvalue weighted by Gasteiger charge is 2.35. The van der Waals surface area contributed by atoms with Crippen LogP contribution >= 0.6 is 0 Å². The molecule has 0 saturated carbocycles. The van der Waals surface area contributed by atoms with Crippen molar-refractivity contribution in [2.75, 3.05) is 44.2 Å². The molecule has 1 atom stereocenters. The Labute approximate surface area is 240 Å². The van der Waals surface area contributed by atoms with Gasteiger partial charge in [-0.05, 0) is 69.7 Å². The molecule has 2 heterocycles. The smallest absolute Gasteiger partial charge is 0.266 e. The topological polar surface area (TPSA) is 65.1 Å². The van der Waals surface area contributed by atoms with Crippen molar-refractivity contribution in [1.29, 1.82) is 0 Å². The third-order valence-electron chi connectivity index (χ3n) is 8.15. The zero-order valence-corrected chi connectivity index (χ0v) is 25.3. The fourth-order valence-electron chi connectivity index (χ4n) is 5.70. The molecule has 0 bridgehead atoms. The average molecular weight is 549 g/mol. The Morgan fingerprint density at radius 3 is 2.38 bits per heavy atom. The van der Waals surface area contributed by atoms with Crippen molar-refractivity contribution < 1.29 is 14.3 Å². The van der Waals surface area contributed by atoms with Gasteiger partial charge in [0.1, 0.15) is 5.75 Å². The number of nitrogens with one attached hydrogen (secondary N) is 1. The molecule has 2 aliphatic heterocycles. The van der Waals surface area contributed by atoms with Crippen molar-refractivity contribution in [3.63, 3.8) is 0 Å². The van der Waals surface area contributed by atoms with Crippen molar-refractivity contribution in [2.45, 2.75) is 78.5 Å². The van der Waals surface area contributed by atoms with Gasteiger partial charge in [0.15, 0.2) is 5.60 Å². The van der Waals surface area contributed by atoms with Gasteiger partial charge in [0, 0.05) is 63.6 Å². The minimum absolute atomic E-state index is 0.00987. The molecule has 2 aromatic rings. The predicted molar refractivity (Wildman–Crippen MR) is 162 cm³/mol. The van der Waals surface area contributed by atoms with Crippen LogP contribution in [0, 0.1) is 5.92 Å². The second kappa shape index (κ2) is 13.1. The van der Waals surface area contributed by atoms with Gasteiger partial charge < -0.3 is 24.8 Å². The van der Waals surface area contributed by atoms with Crippen LogP contribution in [0.4, 0.5) is 5.69 Å². The van der Waals surface area contributed by atoms with E-state index < -0.39 is 5.60 Å². The van der Waals surface area contributed by atoms with Gasteiger partial charge in [-0.25, -0.2) is 0 Å². The van der Waals surface area contributed by atoms with Crippen LogP contribution in [0.15, 0.2) is 48.5 Å². The Hall–Kier alpha value is -3.06. The summed E-state index contributed by atoms with van der Waals surface area (Å²) in [6.45, 7) is 17.5. The molecule has 40 heavy (non-hydrogen) atoms. The molecule has 2 aliphatic rings. The predicted octanol–water partition coefficient (Wildman–Crippen LogP) is 5.05. The number of hydrogen-bond donors (Lipinski definition) is 1. The summed E-state index contributed by atoms with van der Waals surface area (Å²) in [6, 6.07) is 16.8. The number of nitrogens with zero attached hydrogens (tertiary/aromatic N) is 3. The van der Waals surface area contributed by atoms with Crippen molar-refractivity contribution in [2.24, 2.45) is 5.92 Å². The van der Waals surface area contributed by atoms with Crippen molar-refractivity contribution in [3.05, 3.63) is 59.7 Å². The summed E-state index contributed by atoms with van der Waals surface area (Å²) in [5, 5.41) is 3.29. The van der Waals surface area contributed by atoms with Gasteiger partial charge in [0.2, 0.25) is 5.91 Å². The molecule has 0 radical (unpaired) electrons. The van der Waals surface area contributed by atoms with E-state index in [1.54, 1.807) is 0 Å². The van der Waals surface area contributed by atoms with Crippen LogP contribution in [-0.4, -0.2) is 72.5 Å². The third-order valence-corrected chi connectivity index (χ3v) is 8.15. The van der Waals surface area contributed by atoms with Gasteiger partial charge in [-0.15, -0.1) is 0 Å². The van der Waals surface area contributed by atoms with Gasteiger partial charge in [-0.3, -0.25) is 9.59 Å². The largest absolute Gasteiger partial charge is 0.478 e. The van der Waals surface area contributed by atoms with Crippen LogP contribution in [0.3, 0.4) is 0 Å². The number of piperazine rings is 1. The van der Waals surface area contributed by atoms with E-state index >= 15 is 0 Å². The molecule has 1 unspecified atom stereocenters. The summed E-state index contributed by atoms with van der Waals surface area (Å²) in [4.78, 5) is 33.1. The van der Waals surface area contributed by atoms with Crippen LogP contribution in [0.25, 0.3) is 0 Å². The number of hydrogen-bond acceptors (Lipinski definition) is 5. The van der Waals surface area contributed by atoms with Crippen LogP contribution in [-0.2, 0) is 16.1 Å². The maximum Gasteiger partial charge on any atom is 0.266 e. The summed E-state index contributed by atoms with van der Waals surface area (Å²) in [7, 11) is 0. The molecular weight excluding hydrogens is 500 g/mol. The van der Waals surface area contributed by atoms with Gasteiger partial charge in [-0.2, -0.15) is 0 Å². The maximum absolute atomic E-state index is 13.8. The minimum atomic E-state index is -0.957. The monoisotopic (exact) mass is 548 g/mol. The molecule has 0 aliphatic carbocycles. The van der Waals surface area contributed by atoms with Crippen molar-refractivity contribution >= 4 is 17.5 Å². The van der Waals surface area contributed by atoms with E-state index in [0.29, 0.717) is 37.8 Å². The average Bonchev–Trinajstić information content (AvgIpc) is 2.95. The SMILES string of the molecule is CC(C)c1ccc(CN(C(=O)C2CCCN(c3cccc(OC(C)(C)C(=O)N4CCNCC4)c3)C2)C(C)C)cc1. The molecule has 218 valence electrons. The van der Waals surface area contributed by atoms with E-state index in [0.717, 1.165) is 38.2 Å². The first-order valence-corrected chi connectivity index (χ1v) is 15.0. The van der Waals surface area contributed by atoms with E-state index in [1.807, 2.05) is 41.8 Å². The lowest BCUT2D eigenvalue weighted by molar-refractivity contribution is -0.146. The number of carbonyl (C=O) groups excluding carboxylic acids is 2. The maximum atomic E-state index is 13.8. The van der Waals surface area contributed by atoms with Gasteiger partial charge in [0.25, 0.3) is 5.91 Å². The lowest BCUT2D eigenvalue weighted by atomic mass is 9.95. The first kappa shape index (κ1) is 29.9. The first-order valence-electron chi connectivity index (χ1n) is 15.0. The Kier molecular flexibility index (Phi) is 9.77. The van der Waals surface area contributed by atoms with Crippen LogP contribution < -0.4 is 15.0 Å². The van der Waals surface area contributed by atoms with Crippen LogP contribution in [0.2, 0.25) is 0 Å². The van der Waals surface area contributed by atoms with Crippen LogP contribution in [0.5, 0.6) is 5.75 Å². The number of anilines is 1. The molecule has 2 saturated heterocycles. The van der Waals surface area contributed by atoms with E-state index in [4.69, 9.17) is 4.74 Å². The molecule has 1 N–H and O–H groups in total. The molecule has 7 heteroatoms. The van der Waals surface area contributed by atoms with E-state index in [1.165, 1.54) is 11.1 Å². The fraction of sp³-hybridized carbons (Fsp3) is 0.576. The van der Waals surface area contributed by atoms with E-state index in [9.17, 15) is 9.59 Å². The van der Waals surface area contributed by atoms with Gasteiger partial charge in [-0.1, -0.05) is 44.2 Å². The number of carbonyl (C=O) groups is 2. The number of ether oxygens (including phenoxy) is 1.